The quantitative estimate of drug-likeness (QED) is 0.454. The highest BCUT2D eigenvalue weighted by Gasteiger charge is 2.22. The van der Waals surface area contributed by atoms with Gasteiger partial charge in [0.2, 0.25) is 0 Å². The Kier molecular flexibility index (Phi) is 4.08. The van der Waals surface area contributed by atoms with Crippen molar-refractivity contribution in [2.75, 3.05) is 0 Å². The summed E-state index contributed by atoms with van der Waals surface area (Å²) in [5, 5.41) is 0. The van der Waals surface area contributed by atoms with Crippen LogP contribution < -0.4 is 0 Å². The van der Waals surface area contributed by atoms with Gasteiger partial charge in [-0.05, 0) is 0 Å². The topological polar surface area (TPSA) is 0 Å². The zero-order valence-electron chi connectivity index (χ0n) is 3.34. The van der Waals surface area contributed by atoms with Crippen molar-refractivity contribution in [3.63, 3.8) is 0 Å². The monoisotopic (exact) mass is 114 g/mol. The molecule has 0 aliphatic rings. The molecule has 0 aromatic carbocycles. The Labute approximate surface area is 41.3 Å². The van der Waals surface area contributed by atoms with Crippen LogP contribution in [-0.4, -0.2) is 6.18 Å². The fraction of sp³-hybridized carbons (Fsp3) is 1.00. The zero-order valence-corrected chi connectivity index (χ0v) is 3.34. The van der Waals surface area contributed by atoms with Gasteiger partial charge < -0.3 is 0 Å². The van der Waals surface area contributed by atoms with Gasteiger partial charge in [-0.1, -0.05) is 14.4 Å². The molecule has 0 saturated carbocycles. The summed E-state index contributed by atoms with van der Waals surface area (Å²) in [6.07, 6.45) is -4.69. The van der Waals surface area contributed by atoms with Gasteiger partial charge >= 0.3 is 6.18 Å². The highest BCUT2D eigenvalue weighted by Crippen LogP contribution is 2.17. The van der Waals surface area contributed by atoms with Crippen molar-refractivity contribution in [2.24, 2.45) is 0 Å². The van der Waals surface area contributed by atoms with E-state index in [1.165, 1.54) is 0 Å². The van der Waals surface area contributed by atoms with Gasteiger partial charge in [0.25, 0.3) is 0 Å². The van der Waals surface area contributed by atoms with Crippen molar-refractivity contribution in [1.29, 1.82) is 0 Å². The third-order valence-corrected chi connectivity index (χ3v) is 0.401. The van der Waals surface area contributed by atoms with Crippen LogP contribution in [0.15, 0.2) is 0 Å². The molecule has 0 unspecified atom stereocenters. The molecule has 0 heterocycles. The van der Waals surface area contributed by atoms with E-state index in [1.54, 1.807) is 0 Å². The molecule has 0 aliphatic carbocycles. The molecular weight excluding hydrogens is 105 g/mol. The van der Waals surface area contributed by atoms with Crippen molar-refractivity contribution >= 4 is 0 Å². The van der Waals surface area contributed by atoms with E-state index in [1.807, 2.05) is 0 Å². The molecule has 0 radical (unpaired) electrons. The molecule has 0 aromatic heterocycles. The molecule has 0 aromatic rings. The summed E-state index contributed by atoms with van der Waals surface area (Å²) in [7, 11) is 0. The van der Waals surface area contributed by atoms with Crippen LogP contribution >= 0.6 is 0 Å². The van der Waals surface area contributed by atoms with Crippen LogP contribution in [0.25, 0.3) is 0 Å². The van der Waals surface area contributed by atoms with Crippen molar-refractivity contribution in [3.8, 4) is 0 Å². The first-order valence-corrected chi connectivity index (χ1v) is 1.63. The smallest absolute Gasteiger partial charge is 0.171 e. The first-order valence-electron chi connectivity index (χ1n) is 1.63. The lowest BCUT2D eigenvalue weighted by Crippen LogP contribution is -2.02. The third-order valence-electron chi connectivity index (χ3n) is 0.401. The maximum absolute atomic E-state index is 10.8. The molecule has 0 nitrogen and oxygen atoms in total. The zero-order chi connectivity index (χ0) is 5.21. The van der Waals surface area contributed by atoms with Gasteiger partial charge in [-0.2, -0.15) is 13.2 Å². The Morgan fingerprint density at radius 1 is 1.29 bits per heavy atom. The fourth-order valence-electron chi connectivity index (χ4n) is 0. The van der Waals surface area contributed by atoms with Crippen LogP contribution in [-0.2, 0) is 0 Å². The van der Waals surface area contributed by atoms with E-state index < -0.39 is 12.6 Å². The lowest BCUT2D eigenvalue weighted by molar-refractivity contribution is -0.130. The van der Waals surface area contributed by atoms with E-state index >= 15 is 0 Å². The number of hydrogen-bond acceptors (Lipinski definition) is 0. The van der Waals surface area contributed by atoms with Gasteiger partial charge in [0, 0.05) is 6.42 Å². The third kappa shape index (κ3) is 10.7. The van der Waals surface area contributed by atoms with Gasteiger partial charge in [-0.15, -0.1) is 0 Å². The normalized spacial score (nSPS) is 10.3. The Balaban J connectivity index is 0. The van der Waals surface area contributed by atoms with Crippen LogP contribution in [0.2, 0.25) is 0 Å². The second-order valence-electron chi connectivity index (χ2n) is 0.969. The Hall–Kier alpha value is -0.210. The second-order valence-corrected chi connectivity index (χ2v) is 0.969. The predicted octanol–water partition coefficient (Wildman–Crippen LogP) is 2.59. The highest BCUT2D eigenvalue weighted by atomic mass is 19.4. The predicted molar refractivity (Wildman–Crippen MR) is 23.1 cm³/mol. The fourth-order valence-corrected chi connectivity index (χ4v) is 0. The van der Waals surface area contributed by atoms with Crippen LogP contribution in [0.1, 0.15) is 20.8 Å². The van der Waals surface area contributed by atoms with Crippen LogP contribution in [0.3, 0.4) is 0 Å². The van der Waals surface area contributed by atoms with Gasteiger partial charge in [-0.3, -0.25) is 0 Å². The molecule has 0 bridgehead atoms. The number of alkyl halides is 3. The standard InChI is InChI=1S/C3H5F3.CH4/c1-2-3(4,5)6;/h2H2,1H3;1H4. The van der Waals surface area contributed by atoms with E-state index in [4.69, 9.17) is 0 Å². The summed E-state index contributed by atoms with van der Waals surface area (Å²) in [6, 6.07) is 0. The van der Waals surface area contributed by atoms with Crippen LogP contribution in [0.5, 0.6) is 0 Å². The van der Waals surface area contributed by atoms with Gasteiger partial charge in [-0.25, -0.2) is 0 Å². The first-order chi connectivity index (χ1) is 2.56. The number of hydrogen-bond donors (Lipinski definition) is 0. The maximum atomic E-state index is 10.8. The molecule has 0 atom stereocenters. The van der Waals surface area contributed by atoms with E-state index in [0.29, 0.717) is 0 Å². The van der Waals surface area contributed by atoms with E-state index in [9.17, 15) is 13.2 Å². The van der Waals surface area contributed by atoms with Crippen LogP contribution in [0, 0.1) is 0 Å². The summed E-state index contributed by atoms with van der Waals surface area (Å²) in [6.45, 7) is 1.08. The maximum Gasteiger partial charge on any atom is 0.388 e. The lowest BCUT2D eigenvalue weighted by Gasteiger charge is -1.96. The first kappa shape index (κ1) is 9.92. The SMILES string of the molecule is C.CCC(F)(F)F. The largest absolute Gasteiger partial charge is 0.388 e. The van der Waals surface area contributed by atoms with Gasteiger partial charge in [0.05, 0.1) is 0 Å². The van der Waals surface area contributed by atoms with E-state index in [0.717, 1.165) is 6.92 Å². The number of rotatable bonds is 0. The van der Waals surface area contributed by atoms with Crippen LogP contribution in [0.4, 0.5) is 13.2 Å². The Morgan fingerprint density at radius 2 is 1.43 bits per heavy atom. The van der Waals surface area contributed by atoms with Gasteiger partial charge in [0.1, 0.15) is 0 Å². The average molecular weight is 114 g/mol. The van der Waals surface area contributed by atoms with Crippen molar-refractivity contribution in [3.05, 3.63) is 0 Å². The molecule has 0 spiro atoms. The Bertz CT molecular complexity index is 36.7. The minimum atomic E-state index is -3.96. The highest BCUT2D eigenvalue weighted by molar-refractivity contribution is 4.39. The molecule has 0 aliphatic heterocycles. The minimum absolute atomic E-state index is 0. The summed E-state index contributed by atoms with van der Waals surface area (Å²) >= 11 is 0. The van der Waals surface area contributed by atoms with Gasteiger partial charge in [0.15, 0.2) is 0 Å². The molecule has 0 N–H and O–H groups in total. The average Bonchev–Trinajstić information content (AvgIpc) is 1.35. The summed E-state index contributed by atoms with van der Waals surface area (Å²) in [5.41, 5.74) is 0. The lowest BCUT2D eigenvalue weighted by atomic mass is 10.5. The molecule has 0 amide bonds. The molecular formula is C4H9F3. The molecule has 46 valence electrons. The molecule has 0 saturated heterocycles. The van der Waals surface area contributed by atoms with E-state index in [-0.39, 0.29) is 7.43 Å². The Morgan fingerprint density at radius 3 is 1.43 bits per heavy atom. The molecule has 0 rings (SSSR count). The summed E-state index contributed by atoms with van der Waals surface area (Å²) in [5.74, 6) is 0. The summed E-state index contributed by atoms with van der Waals surface area (Å²) < 4.78 is 32.4. The molecule has 0 fully saturated rings. The van der Waals surface area contributed by atoms with Crippen molar-refractivity contribution < 1.29 is 13.2 Å². The number of halogens is 3. The van der Waals surface area contributed by atoms with Crippen molar-refractivity contribution in [2.45, 2.75) is 26.9 Å². The summed E-state index contributed by atoms with van der Waals surface area (Å²) in [4.78, 5) is 0. The second kappa shape index (κ2) is 2.88. The van der Waals surface area contributed by atoms with Crippen molar-refractivity contribution in [1.82, 2.24) is 0 Å². The molecule has 7 heavy (non-hydrogen) atoms. The minimum Gasteiger partial charge on any atom is -0.171 e. The molecule has 3 heteroatoms. The van der Waals surface area contributed by atoms with E-state index in [2.05, 4.69) is 0 Å².